The molecule has 13 heteroatoms. The number of ether oxygens (including phenoxy) is 1. The van der Waals surface area contributed by atoms with Gasteiger partial charge in [-0.05, 0) is 36.1 Å². The molecule has 1 fully saturated rings. The molecule has 2 aromatic carbocycles. The van der Waals surface area contributed by atoms with E-state index in [9.17, 15) is 41.3 Å². The maximum atomic E-state index is 11.6. The van der Waals surface area contributed by atoms with E-state index in [4.69, 9.17) is 4.74 Å². The van der Waals surface area contributed by atoms with Crippen LogP contribution in [0.25, 0.3) is 0 Å². The number of hydrogen-bond donors (Lipinski definition) is 1. The van der Waals surface area contributed by atoms with Crippen LogP contribution < -0.4 is 10.2 Å². The minimum absolute atomic E-state index is 0.0326. The first-order valence-corrected chi connectivity index (χ1v) is 11.6. The van der Waals surface area contributed by atoms with Crippen LogP contribution in [0.15, 0.2) is 47.6 Å². The number of methoxy groups -OCH3 is 1. The number of nitrogens with zero attached hydrogens (tertiary/aromatic N) is 7. The minimum Gasteiger partial charge on any atom is -0.497 e. The van der Waals surface area contributed by atoms with Gasteiger partial charge in [0.05, 0.1) is 47.3 Å². The van der Waals surface area contributed by atoms with Gasteiger partial charge in [0, 0.05) is 23.6 Å². The van der Waals surface area contributed by atoms with Gasteiger partial charge in [-0.3, -0.25) is 25.7 Å². The van der Waals surface area contributed by atoms with Crippen LogP contribution in [0.2, 0.25) is 0 Å². The van der Waals surface area contributed by atoms with Gasteiger partial charge in [0.2, 0.25) is 0 Å². The number of nitriles is 4. The number of rotatable bonds is 7. The van der Waals surface area contributed by atoms with E-state index in [-0.39, 0.29) is 17.8 Å². The Bertz CT molecular complexity index is 1480. The summed E-state index contributed by atoms with van der Waals surface area (Å²) in [6, 6.07) is 17.4. The zero-order valence-corrected chi connectivity index (χ0v) is 21.2. The van der Waals surface area contributed by atoms with Gasteiger partial charge in [-0.1, -0.05) is 26.0 Å². The molecule has 1 aliphatic rings. The smallest absolute Gasteiger partial charge is 0.301 e. The van der Waals surface area contributed by atoms with Crippen LogP contribution >= 0.6 is 0 Å². The van der Waals surface area contributed by atoms with Gasteiger partial charge < -0.3 is 4.74 Å². The second kappa shape index (κ2) is 10.8. The first kappa shape index (κ1) is 28.0. The van der Waals surface area contributed by atoms with Crippen LogP contribution in [0.3, 0.4) is 0 Å². The highest BCUT2D eigenvalue weighted by Crippen LogP contribution is 2.60. The number of nitro groups is 2. The largest absolute Gasteiger partial charge is 0.497 e. The van der Waals surface area contributed by atoms with Gasteiger partial charge in [-0.25, -0.2) is 0 Å². The lowest BCUT2D eigenvalue weighted by molar-refractivity contribution is -0.393. The zero-order chi connectivity index (χ0) is 29.0. The number of benzene rings is 2. The van der Waals surface area contributed by atoms with Crippen LogP contribution in [-0.4, -0.2) is 22.7 Å². The van der Waals surface area contributed by atoms with E-state index in [1.165, 1.54) is 7.11 Å². The maximum absolute atomic E-state index is 11.6. The van der Waals surface area contributed by atoms with Crippen molar-refractivity contribution < 1.29 is 14.6 Å². The van der Waals surface area contributed by atoms with E-state index in [1.54, 1.807) is 38.1 Å². The van der Waals surface area contributed by atoms with Crippen molar-refractivity contribution in [1.29, 1.82) is 21.0 Å². The molecule has 0 aromatic heterocycles. The standard InChI is InChI=1S/C26H22N8O5/c1-16(2)24-22(32-31-21-9-6-18(33(35)36)10-23(21)34(37)38)11-20(17-4-7-19(39-3)8-5-17)25(12-27,13-28)26(24,14-29)15-30/h4-10,16,20,24,31H,11H2,1-3H3/b32-22-/t20-,24+/m1/s1. The van der Waals surface area contributed by atoms with Crippen LogP contribution in [0.5, 0.6) is 5.75 Å². The summed E-state index contributed by atoms with van der Waals surface area (Å²) < 4.78 is 5.19. The van der Waals surface area contributed by atoms with Crippen LogP contribution in [0.4, 0.5) is 17.1 Å². The third-order valence-electron chi connectivity index (χ3n) is 6.98. The van der Waals surface area contributed by atoms with Gasteiger partial charge in [-0.2, -0.15) is 26.1 Å². The van der Waals surface area contributed by atoms with Crippen molar-refractivity contribution >= 4 is 22.8 Å². The van der Waals surface area contributed by atoms with Crippen molar-refractivity contribution in [2.45, 2.75) is 26.2 Å². The van der Waals surface area contributed by atoms with Crippen molar-refractivity contribution in [3.63, 3.8) is 0 Å². The van der Waals surface area contributed by atoms with E-state index >= 15 is 0 Å². The number of hydrazone groups is 1. The molecule has 0 unspecified atom stereocenters. The molecule has 2 aromatic rings. The van der Waals surface area contributed by atoms with E-state index in [1.807, 2.05) is 24.3 Å². The molecule has 39 heavy (non-hydrogen) atoms. The second-order valence-corrected chi connectivity index (χ2v) is 9.25. The number of non-ortho nitro benzene ring substituents is 1. The average Bonchev–Trinajstić information content (AvgIpc) is 2.94. The summed E-state index contributed by atoms with van der Waals surface area (Å²) in [5, 5.41) is 68.5. The van der Waals surface area contributed by atoms with Gasteiger partial charge >= 0.3 is 5.69 Å². The van der Waals surface area contributed by atoms with E-state index in [2.05, 4.69) is 10.5 Å². The molecule has 0 heterocycles. The molecule has 0 radical (unpaired) electrons. The van der Waals surface area contributed by atoms with Crippen molar-refractivity contribution in [1.82, 2.24) is 0 Å². The first-order chi connectivity index (χ1) is 18.5. The van der Waals surface area contributed by atoms with Crippen LogP contribution in [0.1, 0.15) is 31.7 Å². The maximum Gasteiger partial charge on any atom is 0.301 e. The van der Waals surface area contributed by atoms with Gasteiger partial charge in [0.15, 0.2) is 10.8 Å². The summed E-state index contributed by atoms with van der Waals surface area (Å²) in [5.41, 5.74) is -2.19. The molecule has 0 amide bonds. The summed E-state index contributed by atoms with van der Waals surface area (Å²) >= 11 is 0. The number of nitrogens with one attached hydrogen (secondary N) is 1. The Morgan fingerprint density at radius 1 is 0.974 bits per heavy atom. The lowest BCUT2D eigenvalue weighted by atomic mass is 9.46. The monoisotopic (exact) mass is 526 g/mol. The highest BCUT2D eigenvalue weighted by atomic mass is 16.6. The zero-order valence-electron chi connectivity index (χ0n) is 21.2. The molecule has 13 nitrogen and oxygen atoms in total. The Morgan fingerprint density at radius 2 is 1.56 bits per heavy atom. The lowest BCUT2D eigenvalue weighted by Crippen LogP contribution is -2.56. The molecule has 0 spiro atoms. The molecule has 0 bridgehead atoms. The second-order valence-electron chi connectivity index (χ2n) is 9.25. The molecule has 3 rings (SSSR count). The van der Waals surface area contributed by atoms with Crippen molar-refractivity contribution in [2.75, 3.05) is 12.5 Å². The first-order valence-electron chi connectivity index (χ1n) is 11.6. The molecule has 2 atom stereocenters. The third kappa shape index (κ3) is 4.54. The summed E-state index contributed by atoms with van der Waals surface area (Å²) in [6.07, 6.45) is -0.0326. The Hall–Kier alpha value is -5.53. The molecule has 1 N–H and O–H groups in total. The minimum atomic E-state index is -2.16. The molecule has 1 saturated carbocycles. The fourth-order valence-electron chi connectivity index (χ4n) is 5.17. The van der Waals surface area contributed by atoms with Gasteiger partial charge in [0.25, 0.3) is 5.69 Å². The Morgan fingerprint density at radius 3 is 2.03 bits per heavy atom. The molecule has 196 valence electrons. The fourth-order valence-corrected chi connectivity index (χ4v) is 5.17. The Kier molecular flexibility index (Phi) is 7.79. The van der Waals surface area contributed by atoms with E-state index < -0.39 is 49.8 Å². The summed E-state index contributed by atoms with van der Waals surface area (Å²) in [5.74, 6) is -1.91. The molecular formula is C26H22N8O5. The molecule has 1 aliphatic carbocycles. The molecular weight excluding hydrogens is 504 g/mol. The fraction of sp³-hybridized carbons (Fsp3) is 0.346. The predicted octanol–water partition coefficient (Wildman–Crippen LogP) is 4.81. The summed E-state index contributed by atoms with van der Waals surface area (Å²) in [6.45, 7) is 3.43. The Labute approximate surface area is 223 Å². The predicted molar refractivity (Wildman–Crippen MR) is 137 cm³/mol. The molecule has 0 saturated heterocycles. The summed E-state index contributed by atoms with van der Waals surface area (Å²) in [4.78, 5) is 21.1. The number of nitro benzene ring substituents is 2. The number of hydrogen-bond acceptors (Lipinski definition) is 11. The lowest BCUT2D eigenvalue weighted by Gasteiger charge is -2.48. The van der Waals surface area contributed by atoms with Gasteiger partial charge in [-0.15, -0.1) is 0 Å². The van der Waals surface area contributed by atoms with Crippen LogP contribution in [-0.2, 0) is 0 Å². The highest BCUT2D eigenvalue weighted by Gasteiger charge is 2.68. The quantitative estimate of drug-likeness (QED) is 0.383. The SMILES string of the molecule is COc1ccc([C@H]2C/C(=N/Nc3ccc([N+](=O)[O-])cc3[N+](=O)[O-])[C@H](C(C)C)C(C#N)(C#N)C2(C#N)C#N)cc1. The highest BCUT2D eigenvalue weighted by molar-refractivity contribution is 5.92. The van der Waals surface area contributed by atoms with Gasteiger partial charge in [0.1, 0.15) is 11.4 Å². The van der Waals surface area contributed by atoms with Crippen molar-refractivity contribution in [2.24, 2.45) is 27.8 Å². The topological polar surface area (TPSA) is 215 Å². The van der Waals surface area contributed by atoms with Crippen molar-refractivity contribution in [3.8, 4) is 30.0 Å². The Balaban J connectivity index is 2.25. The van der Waals surface area contributed by atoms with Crippen molar-refractivity contribution in [3.05, 3.63) is 68.3 Å². The summed E-state index contributed by atoms with van der Waals surface area (Å²) in [7, 11) is 1.47. The van der Waals surface area contributed by atoms with E-state index in [0.717, 1.165) is 18.2 Å². The van der Waals surface area contributed by atoms with E-state index in [0.29, 0.717) is 11.3 Å². The number of anilines is 1. The normalized spacial score (nSPS) is 20.1. The average molecular weight is 527 g/mol. The molecule has 0 aliphatic heterocycles. The van der Waals surface area contributed by atoms with Crippen LogP contribution in [0, 0.1) is 88.2 Å². The third-order valence-corrected chi connectivity index (χ3v) is 6.98.